The third-order valence-electron chi connectivity index (χ3n) is 2.69. The third kappa shape index (κ3) is 3.43. The molecule has 2 atom stereocenters. The van der Waals surface area contributed by atoms with E-state index in [2.05, 4.69) is 0 Å². The summed E-state index contributed by atoms with van der Waals surface area (Å²) in [6, 6.07) is 0. The van der Waals surface area contributed by atoms with Crippen LogP contribution in [0, 0.1) is 11.8 Å². The van der Waals surface area contributed by atoms with E-state index in [-0.39, 0.29) is 25.0 Å². The third-order valence-corrected chi connectivity index (χ3v) is 5.77. The lowest BCUT2D eigenvalue weighted by Gasteiger charge is -2.26. The minimum atomic E-state index is -3.46. The van der Waals surface area contributed by atoms with E-state index in [4.69, 9.17) is 10.2 Å². The fourth-order valence-corrected chi connectivity index (χ4v) is 3.99. The summed E-state index contributed by atoms with van der Waals surface area (Å²) in [5, 5.41) is 16.6. The van der Waals surface area contributed by atoms with Crippen molar-refractivity contribution in [3.63, 3.8) is 0 Å². The molecule has 0 heterocycles. The Kier molecular flexibility index (Phi) is 5.77. The zero-order valence-electron chi connectivity index (χ0n) is 9.84. The molecule has 0 saturated carbocycles. The lowest BCUT2D eigenvalue weighted by Crippen LogP contribution is -2.42. The fraction of sp³-hybridized carbons (Fsp3) is 1.00. The molecule has 0 bridgehead atoms. The Morgan fingerprint density at radius 2 is 1.13 bits per heavy atom. The van der Waals surface area contributed by atoms with Crippen LogP contribution in [0.3, 0.4) is 0 Å². The van der Waals surface area contributed by atoms with Gasteiger partial charge in [-0.2, -0.15) is 0 Å². The average Bonchev–Trinajstić information content (AvgIpc) is 2.02. The van der Waals surface area contributed by atoms with Crippen LogP contribution in [0.4, 0.5) is 0 Å². The first kappa shape index (κ1) is 14.9. The van der Waals surface area contributed by atoms with Crippen molar-refractivity contribution in [2.45, 2.75) is 38.2 Å². The molecule has 0 rings (SSSR count). The molecule has 0 aromatic rings. The second-order valence-corrected chi connectivity index (χ2v) is 6.91. The number of rotatable bonds is 6. The van der Waals surface area contributed by atoms with E-state index < -0.39 is 20.3 Å². The van der Waals surface area contributed by atoms with Crippen LogP contribution in [0.1, 0.15) is 27.7 Å². The predicted molar refractivity (Wildman–Crippen MR) is 60.3 cm³/mol. The summed E-state index contributed by atoms with van der Waals surface area (Å²) < 4.78 is 24.1. The summed E-state index contributed by atoms with van der Waals surface area (Å²) in [5.41, 5.74) is 0. The van der Waals surface area contributed by atoms with Gasteiger partial charge in [-0.3, -0.25) is 0 Å². The van der Waals surface area contributed by atoms with Crippen LogP contribution in [0.2, 0.25) is 0 Å². The summed E-state index contributed by atoms with van der Waals surface area (Å²) >= 11 is 0. The smallest absolute Gasteiger partial charge is 0.161 e. The van der Waals surface area contributed by atoms with Crippen molar-refractivity contribution in [2.75, 3.05) is 13.2 Å². The van der Waals surface area contributed by atoms with E-state index >= 15 is 0 Å². The second-order valence-electron chi connectivity index (χ2n) is 4.52. The molecular weight excluding hydrogens is 216 g/mol. The van der Waals surface area contributed by atoms with Crippen molar-refractivity contribution < 1.29 is 18.6 Å². The van der Waals surface area contributed by atoms with E-state index in [0.717, 1.165) is 0 Å². The van der Waals surface area contributed by atoms with Gasteiger partial charge in [0.1, 0.15) is 0 Å². The van der Waals surface area contributed by atoms with Crippen LogP contribution < -0.4 is 0 Å². The van der Waals surface area contributed by atoms with Gasteiger partial charge in [-0.05, 0) is 11.8 Å². The number of hydrogen-bond acceptors (Lipinski definition) is 4. The Morgan fingerprint density at radius 3 is 1.27 bits per heavy atom. The van der Waals surface area contributed by atoms with Crippen molar-refractivity contribution in [3.8, 4) is 0 Å². The Bertz CT molecular complexity index is 247. The van der Waals surface area contributed by atoms with E-state index in [1.54, 1.807) is 27.7 Å². The molecule has 92 valence electrons. The van der Waals surface area contributed by atoms with Crippen LogP contribution in [-0.4, -0.2) is 42.3 Å². The molecule has 0 spiro atoms. The summed E-state index contributed by atoms with van der Waals surface area (Å²) in [6.07, 6.45) is 0. The summed E-state index contributed by atoms with van der Waals surface area (Å²) in [7, 11) is -3.46. The highest BCUT2D eigenvalue weighted by Gasteiger charge is 2.36. The lowest BCUT2D eigenvalue weighted by atomic mass is 10.1. The minimum absolute atomic E-state index is 0.146. The van der Waals surface area contributed by atoms with Crippen LogP contribution in [-0.2, 0) is 9.84 Å². The zero-order valence-corrected chi connectivity index (χ0v) is 10.7. The van der Waals surface area contributed by atoms with Crippen LogP contribution >= 0.6 is 0 Å². The highest BCUT2D eigenvalue weighted by atomic mass is 32.2. The summed E-state index contributed by atoms with van der Waals surface area (Å²) in [5.74, 6) is -0.291. The van der Waals surface area contributed by atoms with Crippen LogP contribution in [0.25, 0.3) is 0 Å². The zero-order chi connectivity index (χ0) is 12.2. The molecule has 0 aromatic heterocycles. The largest absolute Gasteiger partial charge is 0.395 e. The van der Waals surface area contributed by atoms with Crippen molar-refractivity contribution in [1.29, 1.82) is 0 Å². The molecular formula is C10H22O4S. The monoisotopic (exact) mass is 238 g/mol. The molecule has 0 fully saturated rings. The summed E-state index contributed by atoms with van der Waals surface area (Å²) in [4.78, 5) is 0. The van der Waals surface area contributed by atoms with Gasteiger partial charge >= 0.3 is 0 Å². The standard InChI is InChI=1S/C10H22O4S/c1-7(2)9(5-11)15(13,14)10(6-12)8(3)4/h7-12H,5-6H2,1-4H3. The highest BCUT2D eigenvalue weighted by molar-refractivity contribution is 7.92. The van der Waals surface area contributed by atoms with Crippen LogP contribution in [0.5, 0.6) is 0 Å². The normalized spacial score (nSPS) is 17.1. The first-order chi connectivity index (χ1) is 6.78. The van der Waals surface area contributed by atoms with Gasteiger partial charge in [0.05, 0.1) is 23.7 Å². The van der Waals surface area contributed by atoms with Gasteiger partial charge in [0.15, 0.2) is 9.84 Å². The predicted octanol–water partition coefficient (Wildman–Crippen LogP) is 0.435. The Labute approximate surface area is 92.2 Å². The Hall–Kier alpha value is -0.130. The molecule has 2 unspecified atom stereocenters. The van der Waals surface area contributed by atoms with Crippen molar-refractivity contribution in [3.05, 3.63) is 0 Å². The SMILES string of the molecule is CC(C)C(CO)S(=O)(=O)C(CO)C(C)C. The molecule has 0 amide bonds. The van der Waals surface area contributed by atoms with Gasteiger partial charge in [-0.15, -0.1) is 0 Å². The molecule has 4 nitrogen and oxygen atoms in total. The molecule has 0 saturated heterocycles. The lowest BCUT2D eigenvalue weighted by molar-refractivity contribution is 0.253. The number of aliphatic hydroxyl groups excluding tert-OH is 2. The van der Waals surface area contributed by atoms with E-state index in [1.807, 2.05) is 0 Å². The minimum Gasteiger partial charge on any atom is -0.395 e. The van der Waals surface area contributed by atoms with Crippen LogP contribution in [0.15, 0.2) is 0 Å². The van der Waals surface area contributed by atoms with Gasteiger partial charge in [0.25, 0.3) is 0 Å². The van der Waals surface area contributed by atoms with Gasteiger partial charge in [-0.1, -0.05) is 27.7 Å². The first-order valence-electron chi connectivity index (χ1n) is 5.23. The van der Waals surface area contributed by atoms with Gasteiger partial charge in [0, 0.05) is 0 Å². The Morgan fingerprint density at radius 1 is 0.867 bits per heavy atom. The van der Waals surface area contributed by atoms with Crippen molar-refractivity contribution >= 4 is 9.84 Å². The topological polar surface area (TPSA) is 74.6 Å². The quantitative estimate of drug-likeness (QED) is 0.704. The highest BCUT2D eigenvalue weighted by Crippen LogP contribution is 2.21. The number of aliphatic hydroxyl groups is 2. The molecule has 0 radical (unpaired) electrons. The first-order valence-corrected chi connectivity index (χ1v) is 6.84. The van der Waals surface area contributed by atoms with Gasteiger partial charge in [0.2, 0.25) is 0 Å². The van der Waals surface area contributed by atoms with Crippen molar-refractivity contribution in [2.24, 2.45) is 11.8 Å². The molecule has 5 heteroatoms. The van der Waals surface area contributed by atoms with Crippen molar-refractivity contribution in [1.82, 2.24) is 0 Å². The van der Waals surface area contributed by atoms with Gasteiger partial charge in [-0.25, -0.2) is 8.42 Å². The maximum Gasteiger partial charge on any atom is 0.161 e. The molecule has 0 aliphatic heterocycles. The number of hydrogen-bond donors (Lipinski definition) is 2. The molecule has 0 aromatic carbocycles. The molecule has 2 N–H and O–H groups in total. The fourth-order valence-electron chi connectivity index (χ4n) is 1.61. The average molecular weight is 238 g/mol. The maximum atomic E-state index is 12.1. The molecule has 15 heavy (non-hydrogen) atoms. The molecule has 0 aliphatic carbocycles. The molecule has 0 aliphatic rings. The number of sulfone groups is 1. The van der Waals surface area contributed by atoms with E-state index in [0.29, 0.717) is 0 Å². The maximum absolute atomic E-state index is 12.1. The van der Waals surface area contributed by atoms with E-state index in [9.17, 15) is 8.42 Å². The van der Waals surface area contributed by atoms with Gasteiger partial charge < -0.3 is 10.2 Å². The van der Waals surface area contributed by atoms with E-state index in [1.165, 1.54) is 0 Å². The Balaban J connectivity index is 5.08. The second kappa shape index (κ2) is 5.82. The summed E-state index contributed by atoms with van der Waals surface area (Å²) in [6.45, 7) is 6.26.